The van der Waals surface area contributed by atoms with Crippen molar-refractivity contribution in [3.8, 4) is 12.3 Å². The number of allylic oxidation sites excluding steroid dienone is 2. The van der Waals surface area contributed by atoms with Crippen molar-refractivity contribution in [2.45, 2.75) is 6.42 Å². The third-order valence-corrected chi connectivity index (χ3v) is 4.05. The predicted molar refractivity (Wildman–Crippen MR) is 53.0 cm³/mol. The molecular weight excluding hydrogens is 158 g/mol. The Hall–Kier alpha value is -0.740. The van der Waals surface area contributed by atoms with E-state index in [-0.39, 0.29) is 0 Å². The van der Waals surface area contributed by atoms with E-state index in [0.29, 0.717) is 0 Å². The van der Waals surface area contributed by atoms with Crippen molar-refractivity contribution in [3.63, 3.8) is 0 Å². The molecule has 0 aromatic heterocycles. The molecule has 2 aliphatic carbocycles. The highest BCUT2D eigenvalue weighted by Crippen LogP contribution is 2.51. The third-order valence-electron chi connectivity index (χ3n) is 4.05. The van der Waals surface area contributed by atoms with Crippen molar-refractivity contribution in [2.75, 3.05) is 19.6 Å². The minimum absolute atomic E-state index is 0.854. The second-order valence-electron chi connectivity index (χ2n) is 4.67. The molecule has 3 aliphatic rings. The summed E-state index contributed by atoms with van der Waals surface area (Å²) in [6.07, 6.45) is 11.6. The molecule has 2 unspecified atom stereocenters. The summed E-state index contributed by atoms with van der Waals surface area (Å²) in [6.45, 7) is 3.35. The van der Waals surface area contributed by atoms with Gasteiger partial charge in [0.15, 0.2) is 0 Å². The average Bonchev–Trinajstić information content (AvgIpc) is 2.72. The van der Waals surface area contributed by atoms with E-state index in [1.54, 1.807) is 0 Å². The second kappa shape index (κ2) is 2.62. The van der Waals surface area contributed by atoms with Gasteiger partial charge in [0.25, 0.3) is 0 Å². The Morgan fingerprint density at radius 3 is 2.38 bits per heavy atom. The Morgan fingerprint density at radius 1 is 1.23 bits per heavy atom. The maximum absolute atomic E-state index is 5.34. The molecule has 3 rings (SSSR count). The predicted octanol–water partition coefficient (Wildman–Crippen LogP) is 1.37. The zero-order chi connectivity index (χ0) is 8.84. The van der Waals surface area contributed by atoms with Gasteiger partial charge in [-0.1, -0.05) is 18.1 Å². The molecule has 0 aromatic rings. The van der Waals surface area contributed by atoms with Gasteiger partial charge in [-0.25, -0.2) is 0 Å². The van der Waals surface area contributed by atoms with Gasteiger partial charge in [-0.2, -0.15) is 0 Å². The molecule has 13 heavy (non-hydrogen) atoms. The van der Waals surface area contributed by atoms with Crippen LogP contribution in [0.5, 0.6) is 0 Å². The summed E-state index contributed by atoms with van der Waals surface area (Å²) >= 11 is 0. The molecule has 4 atom stereocenters. The van der Waals surface area contributed by atoms with E-state index < -0.39 is 0 Å². The molecule has 2 bridgehead atoms. The molecule has 0 spiro atoms. The molecule has 1 saturated heterocycles. The normalized spacial score (nSPS) is 46.7. The van der Waals surface area contributed by atoms with Crippen LogP contribution in [-0.4, -0.2) is 24.5 Å². The quantitative estimate of drug-likeness (QED) is 0.427. The first-order chi connectivity index (χ1) is 6.38. The molecule has 1 saturated carbocycles. The average molecular weight is 173 g/mol. The van der Waals surface area contributed by atoms with Crippen molar-refractivity contribution in [3.05, 3.63) is 12.2 Å². The van der Waals surface area contributed by atoms with Crippen LogP contribution in [0, 0.1) is 36.0 Å². The fourth-order valence-corrected chi connectivity index (χ4v) is 3.50. The topological polar surface area (TPSA) is 3.24 Å². The molecule has 0 aromatic carbocycles. The number of terminal acetylenes is 1. The van der Waals surface area contributed by atoms with Crippen LogP contribution < -0.4 is 0 Å². The van der Waals surface area contributed by atoms with E-state index in [2.05, 4.69) is 23.0 Å². The number of rotatable bonds is 1. The summed E-state index contributed by atoms with van der Waals surface area (Å²) in [5.41, 5.74) is 0. The zero-order valence-corrected chi connectivity index (χ0v) is 7.82. The van der Waals surface area contributed by atoms with Crippen LogP contribution in [0.3, 0.4) is 0 Å². The van der Waals surface area contributed by atoms with Crippen LogP contribution in [0.1, 0.15) is 6.42 Å². The van der Waals surface area contributed by atoms with Gasteiger partial charge in [-0.05, 0) is 30.1 Å². The van der Waals surface area contributed by atoms with Crippen LogP contribution in [0.4, 0.5) is 0 Å². The molecule has 0 amide bonds. The molecule has 68 valence electrons. The molecule has 1 heteroatoms. The minimum atomic E-state index is 0.854. The second-order valence-corrected chi connectivity index (χ2v) is 4.67. The molecule has 2 fully saturated rings. The van der Waals surface area contributed by atoms with Crippen molar-refractivity contribution in [1.82, 2.24) is 4.90 Å². The van der Waals surface area contributed by atoms with Crippen molar-refractivity contribution in [2.24, 2.45) is 23.7 Å². The van der Waals surface area contributed by atoms with Crippen molar-refractivity contribution >= 4 is 0 Å². The zero-order valence-electron chi connectivity index (χ0n) is 7.82. The van der Waals surface area contributed by atoms with Crippen molar-refractivity contribution in [1.29, 1.82) is 0 Å². The monoisotopic (exact) mass is 173 g/mol. The minimum Gasteiger partial charge on any atom is -0.292 e. The maximum Gasteiger partial charge on any atom is 0.0599 e. The summed E-state index contributed by atoms with van der Waals surface area (Å²) in [4.78, 5) is 2.45. The van der Waals surface area contributed by atoms with Gasteiger partial charge in [-0.15, -0.1) is 6.42 Å². The molecule has 1 nitrogen and oxygen atoms in total. The number of hydrogen-bond acceptors (Lipinski definition) is 1. The van der Waals surface area contributed by atoms with Gasteiger partial charge in [0.1, 0.15) is 0 Å². The van der Waals surface area contributed by atoms with Crippen LogP contribution in [-0.2, 0) is 0 Å². The van der Waals surface area contributed by atoms with Gasteiger partial charge >= 0.3 is 0 Å². The van der Waals surface area contributed by atoms with E-state index in [1.807, 2.05) is 0 Å². The van der Waals surface area contributed by atoms with E-state index in [9.17, 15) is 0 Å². The summed E-state index contributed by atoms with van der Waals surface area (Å²) in [6, 6.07) is 0. The third kappa shape index (κ3) is 0.988. The lowest BCUT2D eigenvalue weighted by molar-refractivity contribution is 0.333. The van der Waals surface area contributed by atoms with Crippen LogP contribution in [0.15, 0.2) is 12.2 Å². The molecular formula is C12H15N. The number of nitrogens with zero attached hydrogens (tertiary/aromatic N) is 1. The van der Waals surface area contributed by atoms with E-state index in [1.165, 1.54) is 19.5 Å². The van der Waals surface area contributed by atoms with E-state index in [0.717, 1.165) is 30.2 Å². The summed E-state index contributed by atoms with van der Waals surface area (Å²) in [7, 11) is 0. The fourth-order valence-electron chi connectivity index (χ4n) is 3.50. The highest BCUT2D eigenvalue weighted by atomic mass is 15.2. The maximum atomic E-state index is 5.34. The Bertz CT molecular complexity index is 266. The fraction of sp³-hybridized carbons (Fsp3) is 0.667. The largest absolute Gasteiger partial charge is 0.292 e. The Labute approximate surface area is 79.8 Å². The first kappa shape index (κ1) is 7.64. The van der Waals surface area contributed by atoms with Crippen LogP contribution >= 0.6 is 0 Å². The SMILES string of the molecule is C#CCN1C[C@@H]2C3C=CC(C3)[C@@H]2C1. The highest BCUT2D eigenvalue weighted by Gasteiger charge is 2.48. The van der Waals surface area contributed by atoms with Crippen LogP contribution in [0.25, 0.3) is 0 Å². The van der Waals surface area contributed by atoms with Crippen molar-refractivity contribution < 1.29 is 0 Å². The number of likely N-dealkylation sites (tertiary alicyclic amines) is 1. The lowest BCUT2D eigenvalue weighted by Crippen LogP contribution is -2.23. The summed E-state index contributed by atoms with van der Waals surface area (Å²) < 4.78 is 0. The molecule has 0 radical (unpaired) electrons. The summed E-state index contributed by atoms with van der Waals surface area (Å²) in [5, 5.41) is 0. The van der Waals surface area contributed by atoms with Gasteiger partial charge in [0.2, 0.25) is 0 Å². The Balaban J connectivity index is 1.76. The Kier molecular flexibility index (Phi) is 1.54. The molecule has 1 aliphatic heterocycles. The van der Waals surface area contributed by atoms with E-state index in [4.69, 9.17) is 6.42 Å². The van der Waals surface area contributed by atoms with E-state index >= 15 is 0 Å². The lowest BCUT2D eigenvalue weighted by atomic mass is 9.86. The van der Waals surface area contributed by atoms with Gasteiger partial charge in [0, 0.05) is 13.1 Å². The summed E-state index contributed by atoms with van der Waals surface area (Å²) in [5.74, 6) is 6.40. The van der Waals surface area contributed by atoms with Crippen LogP contribution in [0.2, 0.25) is 0 Å². The smallest absolute Gasteiger partial charge is 0.0599 e. The molecule has 0 N–H and O–H groups in total. The standard InChI is InChI=1S/C12H15N/c1-2-5-13-7-11-9-3-4-10(6-9)12(11)8-13/h1,3-4,9-12H,5-8H2/t9?,10?,11-,12+. The molecule has 1 heterocycles. The number of fused-ring (bicyclic) bond motifs is 5. The number of hydrogen-bond donors (Lipinski definition) is 0. The Morgan fingerprint density at radius 2 is 1.85 bits per heavy atom. The van der Waals surface area contributed by atoms with Gasteiger partial charge < -0.3 is 0 Å². The first-order valence-corrected chi connectivity index (χ1v) is 5.22. The first-order valence-electron chi connectivity index (χ1n) is 5.22. The highest BCUT2D eigenvalue weighted by molar-refractivity contribution is 5.16. The lowest BCUT2D eigenvalue weighted by Gasteiger charge is -2.17. The van der Waals surface area contributed by atoms with Gasteiger partial charge in [0.05, 0.1) is 6.54 Å². The van der Waals surface area contributed by atoms with Gasteiger partial charge in [-0.3, -0.25) is 4.90 Å².